The van der Waals surface area contributed by atoms with Crippen LogP contribution >= 0.6 is 0 Å². The Morgan fingerprint density at radius 1 is 1.19 bits per heavy atom. The molecule has 27 heavy (non-hydrogen) atoms. The quantitative estimate of drug-likeness (QED) is 0.624. The molecule has 0 radical (unpaired) electrons. The number of aliphatic hydroxyl groups excluding tert-OH is 1. The van der Waals surface area contributed by atoms with Gasteiger partial charge in [0.1, 0.15) is 12.1 Å². The number of nitrogens with one attached hydrogen (secondary N) is 3. The van der Waals surface area contributed by atoms with Crippen molar-refractivity contribution in [2.45, 2.75) is 62.8 Å². The first-order valence-electron chi connectivity index (χ1n) is 9.78. The summed E-state index contributed by atoms with van der Waals surface area (Å²) in [5, 5.41) is 19.0. The number of ether oxygens (including phenoxy) is 1. The lowest BCUT2D eigenvalue weighted by molar-refractivity contribution is -0.130. The van der Waals surface area contributed by atoms with Crippen molar-refractivity contribution < 1.29 is 19.4 Å². The summed E-state index contributed by atoms with van der Waals surface area (Å²) in [5.74, 6) is -0.218. The molecule has 2 amide bonds. The van der Waals surface area contributed by atoms with Gasteiger partial charge in [0.25, 0.3) is 0 Å². The Bertz CT molecular complexity index is 631. The molecule has 0 aromatic heterocycles. The van der Waals surface area contributed by atoms with Gasteiger partial charge >= 0.3 is 6.09 Å². The number of carbonyl (C=O) groups excluding carboxylic acids is 2. The fourth-order valence-corrected chi connectivity index (χ4v) is 3.84. The number of alkyl carbamates (subject to hydrolysis) is 1. The van der Waals surface area contributed by atoms with Crippen LogP contribution in [0.4, 0.5) is 4.79 Å². The van der Waals surface area contributed by atoms with Crippen LogP contribution in [-0.2, 0) is 16.1 Å². The molecule has 2 atom stereocenters. The molecule has 4 N–H and O–H groups in total. The van der Waals surface area contributed by atoms with Crippen molar-refractivity contribution in [1.82, 2.24) is 16.0 Å². The minimum absolute atomic E-state index is 0.164. The van der Waals surface area contributed by atoms with Crippen molar-refractivity contribution >= 4 is 12.0 Å². The number of piperidine rings is 1. The first-order valence-corrected chi connectivity index (χ1v) is 9.78. The summed E-state index contributed by atoms with van der Waals surface area (Å²) in [6.07, 6.45) is 3.44. The number of hydrogen-bond donors (Lipinski definition) is 4. The molecule has 1 saturated carbocycles. The van der Waals surface area contributed by atoms with Gasteiger partial charge < -0.3 is 25.8 Å². The van der Waals surface area contributed by atoms with Gasteiger partial charge in [0.15, 0.2) is 0 Å². The fraction of sp³-hybridized carbons (Fsp3) is 0.600. The highest BCUT2D eigenvalue weighted by Crippen LogP contribution is 2.29. The lowest BCUT2D eigenvalue weighted by Crippen LogP contribution is -2.63. The average Bonchev–Trinajstić information content (AvgIpc) is 2.69. The van der Waals surface area contributed by atoms with E-state index in [1.807, 2.05) is 30.3 Å². The average molecular weight is 375 g/mol. The van der Waals surface area contributed by atoms with Crippen LogP contribution in [0.3, 0.4) is 0 Å². The largest absolute Gasteiger partial charge is 0.445 e. The van der Waals surface area contributed by atoms with Crippen LogP contribution in [0.5, 0.6) is 0 Å². The lowest BCUT2D eigenvalue weighted by atomic mass is 9.80. The highest BCUT2D eigenvalue weighted by Gasteiger charge is 2.42. The van der Waals surface area contributed by atoms with Crippen LogP contribution in [0.15, 0.2) is 30.3 Å². The SMILES string of the molecule is O=C(NC1(C(=O)NC2CCNCC2O)CCCCC1)OCc1ccccc1. The minimum Gasteiger partial charge on any atom is -0.445 e. The van der Waals surface area contributed by atoms with Crippen LogP contribution in [0, 0.1) is 0 Å². The first kappa shape index (κ1) is 19.6. The molecule has 148 valence electrons. The molecular formula is C20H29N3O4. The molecule has 1 aliphatic heterocycles. The number of β-amino-alcohol motifs (C(OH)–C–C–N with tert-alkyl or cyclic N) is 1. The lowest BCUT2D eigenvalue weighted by Gasteiger charge is -2.38. The van der Waals surface area contributed by atoms with E-state index in [-0.39, 0.29) is 18.6 Å². The van der Waals surface area contributed by atoms with E-state index in [2.05, 4.69) is 16.0 Å². The van der Waals surface area contributed by atoms with E-state index in [0.717, 1.165) is 31.4 Å². The van der Waals surface area contributed by atoms with Crippen LogP contribution in [0.1, 0.15) is 44.1 Å². The monoisotopic (exact) mass is 375 g/mol. The maximum Gasteiger partial charge on any atom is 0.408 e. The smallest absolute Gasteiger partial charge is 0.408 e. The molecule has 3 rings (SSSR count). The number of benzene rings is 1. The predicted octanol–water partition coefficient (Wildman–Crippen LogP) is 1.45. The summed E-state index contributed by atoms with van der Waals surface area (Å²) in [5.41, 5.74) is -0.0657. The number of carbonyl (C=O) groups is 2. The van der Waals surface area contributed by atoms with Crippen molar-refractivity contribution in [3.8, 4) is 0 Å². The van der Waals surface area contributed by atoms with Crippen molar-refractivity contribution in [2.24, 2.45) is 0 Å². The van der Waals surface area contributed by atoms with Gasteiger partial charge in [0.05, 0.1) is 12.1 Å². The molecule has 2 fully saturated rings. The Balaban J connectivity index is 1.61. The van der Waals surface area contributed by atoms with Crippen molar-refractivity contribution in [3.05, 3.63) is 35.9 Å². The number of rotatable bonds is 5. The van der Waals surface area contributed by atoms with E-state index >= 15 is 0 Å². The Hall–Kier alpha value is -2.12. The van der Waals surface area contributed by atoms with E-state index < -0.39 is 17.7 Å². The van der Waals surface area contributed by atoms with Crippen molar-refractivity contribution in [1.29, 1.82) is 0 Å². The zero-order valence-electron chi connectivity index (χ0n) is 15.6. The third kappa shape index (κ3) is 5.20. The molecule has 1 aliphatic carbocycles. The van der Waals surface area contributed by atoms with Gasteiger partial charge in [0.2, 0.25) is 5.91 Å². The number of hydrogen-bond acceptors (Lipinski definition) is 5. The van der Waals surface area contributed by atoms with Gasteiger partial charge in [-0.1, -0.05) is 49.6 Å². The molecule has 2 unspecified atom stereocenters. The van der Waals surface area contributed by atoms with Gasteiger partial charge in [0, 0.05) is 6.54 Å². The molecule has 1 aromatic carbocycles. The van der Waals surface area contributed by atoms with E-state index in [1.54, 1.807) is 0 Å². The molecule has 1 heterocycles. The summed E-state index contributed by atoms with van der Waals surface area (Å²) in [7, 11) is 0. The number of aliphatic hydroxyl groups is 1. The van der Waals surface area contributed by atoms with Gasteiger partial charge in [-0.15, -0.1) is 0 Å². The van der Waals surface area contributed by atoms with Gasteiger partial charge in [-0.3, -0.25) is 4.79 Å². The summed E-state index contributed by atoms with van der Waals surface area (Å²) in [6, 6.07) is 9.15. The second-order valence-corrected chi connectivity index (χ2v) is 7.47. The summed E-state index contributed by atoms with van der Waals surface area (Å²) in [6.45, 7) is 1.38. The molecule has 2 aliphatic rings. The number of amides is 2. The second kappa shape index (κ2) is 9.19. The van der Waals surface area contributed by atoms with Crippen LogP contribution in [0.25, 0.3) is 0 Å². The molecule has 0 spiro atoms. The molecule has 1 saturated heterocycles. The van der Waals surface area contributed by atoms with Gasteiger partial charge in [-0.25, -0.2) is 4.79 Å². The minimum atomic E-state index is -0.962. The van der Waals surface area contributed by atoms with Gasteiger partial charge in [-0.2, -0.15) is 0 Å². The zero-order chi connectivity index (χ0) is 19.1. The second-order valence-electron chi connectivity index (χ2n) is 7.47. The third-order valence-electron chi connectivity index (χ3n) is 5.46. The van der Waals surface area contributed by atoms with Crippen molar-refractivity contribution in [3.63, 3.8) is 0 Å². The van der Waals surface area contributed by atoms with Crippen LogP contribution in [0.2, 0.25) is 0 Å². The maximum absolute atomic E-state index is 13.0. The van der Waals surface area contributed by atoms with E-state index in [4.69, 9.17) is 4.74 Å². The summed E-state index contributed by atoms with van der Waals surface area (Å²) in [4.78, 5) is 25.4. The summed E-state index contributed by atoms with van der Waals surface area (Å²) >= 11 is 0. The molecule has 1 aromatic rings. The predicted molar refractivity (Wildman–Crippen MR) is 101 cm³/mol. The standard InChI is InChI=1S/C20H29N3O4/c24-17-13-21-12-9-16(17)22-18(25)20(10-5-2-6-11-20)23-19(26)27-14-15-7-3-1-4-8-15/h1,3-4,7-8,16-17,21,24H,2,5-6,9-14H2,(H,22,25)(H,23,26). The molecular weight excluding hydrogens is 346 g/mol. The van der Waals surface area contributed by atoms with E-state index in [9.17, 15) is 14.7 Å². The Morgan fingerprint density at radius 2 is 1.93 bits per heavy atom. The Kier molecular flexibility index (Phi) is 6.68. The Labute approximate surface area is 159 Å². The maximum atomic E-state index is 13.0. The topological polar surface area (TPSA) is 99.7 Å². The molecule has 7 nitrogen and oxygen atoms in total. The molecule has 0 bridgehead atoms. The highest BCUT2D eigenvalue weighted by atomic mass is 16.5. The fourth-order valence-electron chi connectivity index (χ4n) is 3.84. The van der Waals surface area contributed by atoms with E-state index in [0.29, 0.717) is 25.8 Å². The first-order chi connectivity index (χ1) is 13.1. The van der Waals surface area contributed by atoms with E-state index in [1.165, 1.54) is 0 Å². The zero-order valence-corrected chi connectivity index (χ0v) is 15.6. The Morgan fingerprint density at radius 3 is 2.63 bits per heavy atom. The van der Waals surface area contributed by atoms with Gasteiger partial charge in [-0.05, 0) is 31.4 Å². The third-order valence-corrected chi connectivity index (χ3v) is 5.46. The van der Waals surface area contributed by atoms with Crippen LogP contribution < -0.4 is 16.0 Å². The molecule has 7 heteroatoms. The van der Waals surface area contributed by atoms with Crippen molar-refractivity contribution in [2.75, 3.05) is 13.1 Å². The van der Waals surface area contributed by atoms with Crippen LogP contribution in [-0.4, -0.2) is 47.9 Å². The summed E-state index contributed by atoms with van der Waals surface area (Å²) < 4.78 is 5.33. The highest BCUT2D eigenvalue weighted by molar-refractivity contribution is 5.90. The normalized spacial score (nSPS) is 24.6.